The van der Waals surface area contributed by atoms with Crippen LogP contribution in [-0.4, -0.2) is 18.6 Å². The lowest BCUT2D eigenvalue weighted by molar-refractivity contribution is 0.151. The number of nitrogen functional groups attached to an aromatic ring is 1. The smallest absolute Gasteiger partial charge is 0.264 e. The van der Waals surface area contributed by atoms with E-state index in [0.29, 0.717) is 17.8 Å². The molecule has 3 N–H and O–H groups in total. The minimum absolute atomic E-state index is 0.0145. The van der Waals surface area contributed by atoms with Gasteiger partial charge in [-0.1, -0.05) is 13.3 Å². The van der Waals surface area contributed by atoms with Crippen molar-refractivity contribution in [2.24, 2.45) is 0 Å². The average Bonchev–Trinajstić information content (AvgIpc) is 2.78. The van der Waals surface area contributed by atoms with E-state index in [1.807, 2.05) is 26.2 Å². The van der Waals surface area contributed by atoms with Crippen LogP contribution in [0, 0.1) is 0 Å². The number of nitrogens with two attached hydrogens (primary N) is 1. The number of alkyl halides is 2. The topological polar surface area (TPSA) is 41.3 Å². The van der Waals surface area contributed by atoms with Crippen molar-refractivity contribution in [3.05, 3.63) is 35.0 Å². The zero-order valence-electron chi connectivity index (χ0n) is 11.2. The number of nitrogens with zero attached hydrogens (tertiary/aromatic N) is 1. The third-order valence-corrected chi connectivity index (χ3v) is 3.28. The molecule has 3 nitrogen and oxygen atoms in total. The number of hydrazine groups is 1. The summed E-state index contributed by atoms with van der Waals surface area (Å²) in [4.78, 5) is 0. The molecule has 19 heavy (non-hydrogen) atoms. The van der Waals surface area contributed by atoms with E-state index >= 15 is 0 Å². The predicted octanol–water partition coefficient (Wildman–Crippen LogP) is 2.95. The van der Waals surface area contributed by atoms with E-state index in [2.05, 4.69) is 5.43 Å². The molecule has 2 rings (SSSR count). The van der Waals surface area contributed by atoms with Gasteiger partial charge in [-0.15, -0.1) is 0 Å². The van der Waals surface area contributed by atoms with Gasteiger partial charge in [0.05, 0.1) is 0 Å². The fraction of sp³-hybridized carbons (Fsp3) is 0.429. The van der Waals surface area contributed by atoms with E-state index in [-0.39, 0.29) is 5.56 Å². The third kappa shape index (κ3) is 2.87. The van der Waals surface area contributed by atoms with E-state index in [4.69, 9.17) is 5.73 Å². The van der Waals surface area contributed by atoms with Crippen molar-refractivity contribution in [1.29, 1.82) is 0 Å². The second kappa shape index (κ2) is 5.57. The van der Waals surface area contributed by atoms with Crippen molar-refractivity contribution in [1.82, 2.24) is 10.4 Å². The monoisotopic (exact) mass is 267 g/mol. The van der Waals surface area contributed by atoms with Crippen LogP contribution in [0.3, 0.4) is 0 Å². The third-order valence-electron chi connectivity index (χ3n) is 3.28. The first-order chi connectivity index (χ1) is 9.02. The molecule has 1 aliphatic rings. The molecular formula is C14H19F2N3. The molecule has 1 heterocycles. The summed E-state index contributed by atoms with van der Waals surface area (Å²) in [5.74, 6) is 0. The molecule has 0 radical (unpaired) electrons. The van der Waals surface area contributed by atoms with Crippen LogP contribution < -0.4 is 11.2 Å². The predicted molar refractivity (Wildman–Crippen MR) is 73.5 cm³/mol. The zero-order valence-corrected chi connectivity index (χ0v) is 11.2. The molecule has 0 amide bonds. The van der Waals surface area contributed by atoms with Crippen LogP contribution in [0.2, 0.25) is 0 Å². The Morgan fingerprint density at radius 3 is 2.68 bits per heavy atom. The summed E-state index contributed by atoms with van der Waals surface area (Å²) >= 11 is 0. The van der Waals surface area contributed by atoms with Crippen LogP contribution in [-0.2, 0) is 6.42 Å². The highest BCUT2D eigenvalue weighted by molar-refractivity contribution is 5.73. The van der Waals surface area contributed by atoms with Crippen molar-refractivity contribution >= 4 is 11.3 Å². The van der Waals surface area contributed by atoms with Gasteiger partial charge in [-0.25, -0.2) is 14.2 Å². The van der Waals surface area contributed by atoms with E-state index in [9.17, 15) is 8.78 Å². The molecule has 0 bridgehead atoms. The second-order valence-electron chi connectivity index (χ2n) is 4.79. The van der Waals surface area contributed by atoms with E-state index in [1.165, 1.54) is 6.07 Å². The lowest BCUT2D eigenvalue weighted by atomic mass is 9.95. The molecular weight excluding hydrogens is 248 g/mol. The molecule has 0 spiro atoms. The molecule has 1 aromatic rings. The Morgan fingerprint density at radius 2 is 2.16 bits per heavy atom. The van der Waals surface area contributed by atoms with Gasteiger partial charge >= 0.3 is 0 Å². The van der Waals surface area contributed by atoms with Gasteiger partial charge in [0.2, 0.25) is 0 Å². The molecule has 0 saturated heterocycles. The molecule has 0 fully saturated rings. The maximum absolute atomic E-state index is 13.2. The quantitative estimate of drug-likeness (QED) is 0.824. The zero-order chi connectivity index (χ0) is 14.0. The standard InChI is InChI=1S/C14H19F2N3/c1-3-4-9-5-11(10-7-18-19(2)8-10)12(14(15)16)6-13(9)17/h5-6,8,14,18H,3-4,7,17H2,1-2H3. The van der Waals surface area contributed by atoms with Gasteiger partial charge in [0.1, 0.15) is 0 Å². The summed E-state index contributed by atoms with van der Waals surface area (Å²) < 4.78 is 26.3. The van der Waals surface area contributed by atoms with Crippen molar-refractivity contribution in [2.45, 2.75) is 26.2 Å². The summed E-state index contributed by atoms with van der Waals surface area (Å²) in [5.41, 5.74) is 11.8. The number of aryl methyl sites for hydroxylation is 1. The van der Waals surface area contributed by atoms with Crippen LogP contribution in [0.4, 0.5) is 14.5 Å². The highest BCUT2D eigenvalue weighted by Crippen LogP contribution is 2.33. The summed E-state index contributed by atoms with van der Waals surface area (Å²) in [6, 6.07) is 3.23. The lowest BCUT2D eigenvalue weighted by Gasteiger charge is -2.14. The minimum atomic E-state index is -2.51. The molecule has 0 atom stereocenters. The first-order valence-electron chi connectivity index (χ1n) is 6.40. The normalized spacial score (nSPS) is 15.2. The van der Waals surface area contributed by atoms with Gasteiger partial charge in [0, 0.05) is 31.0 Å². The summed E-state index contributed by atoms with van der Waals surface area (Å²) in [7, 11) is 1.85. The number of halogens is 2. The number of hydrogen-bond acceptors (Lipinski definition) is 3. The maximum Gasteiger partial charge on any atom is 0.264 e. The summed E-state index contributed by atoms with van der Waals surface area (Å²) in [6.45, 7) is 2.61. The molecule has 0 saturated carbocycles. The molecule has 0 aromatic heterocycles. The van der Waals surface area contributed by atoms with Gasteiger partial charge < -0.3 is 10.7 Å². The number of hydrogen-bond donors (Lipinski definition) is 2. The minimum Gasteiger partial charge on any atom is -0.398 e. The van der Waals surface area contributed by atoms with E-state index in [1.54, 1.807) is 5.01 Å². The van der Waals surface area contributed by atoms with Gasteiger partial charge in [0.15, 0.2) is 0 Å². The largest absolute Gasteiger partial charge is 0.398 e. The van der Waals surface area contributed by atoms with Crippen LogP contribution in [0.1, 0.15) is 36.5 Å². The van der Waals surface area contributed by atoms with Crippen LogP contribution in [0.25, 0.3) is 5.57 Å². The molecule has 1 aromatic carbocycles. The van der Waals surface area contributed by atoms with E-state index < -0.39 is 6.43 Å². The fourth-order valence-electron chi connectivity index (χ4n) is 2.32. The van der Waals surface area contributed by atoms with Crippen LogP contribution >= 0.6 is 0 Å². The molecule has 0 aliphatic carbocycles. The highest BCUT2D eigenvalue weighted by Gasteiger charge is 2.20. The highest BCUT2D eigenvalue weighted by atomic mass is 19.3. The molecule has 0 unspecified atom stereocenters. The molecule has 104 valence electrons. The Kier molecular flexibility index (Phi) is 4.04. The van der Waals surface area contributed by atoms with Gasteiger partial charge in [-0.05, 0) is 35.3 Å². The Balaban J connectivity index is 2.49. The van der Waals surface area contributed by atoms with Crippen molar-refractivity contribution in [3.8, 4) is 0 Å². The molecule has 1 aliphatic heterocycles. The number of benzene rings is 1. The maximum atomic E-state index is 13.2. The Morgan fingerprint density at radius 1 is 1.42 bits per heavy atom. The molecule has 5 heteroatoms. The number of anilines is 1. The van der Waals surface area contributed by atoms with Crippen molar-refractivity contribution < 1.29 is 8.78 Å². The Hall–Kier alpha value is -1.62. The van der Waals surface area contributed by atoms with Crippen molar-refractivity contribution in [3.63, 3.8) is 0 Å². The van der Waals surface area contributed by atoms with Gasteiger partial charge in [-0.2, -0.15) is 0 Å². The summed E-state index contributed by atoms with van der Waals surface area (Å²) in [6.07, 6.45) is 1.07. The number of nitrogens with one attached hydrogen (secondary N) is 1. The van der Waals surface area contributed by atoms with Crippen LogP contribution in [0.15, 0.2) is 18.3 Å². The SMILES string of the molecule is CCCc1cc(C2=CN(C)NC2)c(C(F)F)cc1N. The second-order valence-corrected chi connectivity index (χ2v) is 4.79. The fourth-order valence-corrected chi connectivity index (χ4v) is 2.32. The van der Waals surface area contributed by atoms with Crippen molar-refractivity contribution in [2.75, 3.05) is 19.3 Å². The van der Waals surface area contributed by atoms with Gasteiger partial charge in [0.25, 0.3) is 6.43 Å². The van der Waals surface area contributed by atoms with E-state index in [0.717, 1.165) is 24.0 Å². The van der Waals surface area contributed by atoms with Crippen LogP contribution in [0.5, 0.6) is 0 Å². The first-order valence-corrected chi connectivity index (χ1v) is 6.40. The lowest BCUT2D eigenvalue weighted by Crippen LogP contribution is -2.23. The summed E-state index contributed by atoms with van der Waals surface area (Å²) in [5, 5.41) is 1.78. The number of rotatable bonds is 4. The Labute approximate surface area is 112 Å². The first kappa shape index (κ1) is 13.8. The van der Waals surface area contributed by atoms with Gasteiger partial charge in [-0.3, -0.25) is 0 Å². The Bertz CT molecular complexity index is 498. The average molecular weight is 267 g/mol.